The Bertz CT molecular complexity index is 380. The predicted molar refractivity (Wildman–Crippen MR) is 73.9 cm³/mol. The number of ether oxygens (including phenoxy) is 1. The van der Waals surface area contributed by atoms with E-state index in [1.807, 2.05) is 6.92 Å². The lowest BCUT2D eigenvalue weighted by Crippen LogP contribution is -2.24. The number of aryl methyl sites for hydroxylation is 1. The van der Waals surface area contributed by atoms with Crippen LogP contribution in [-0.4, -0.2) is 29.8 Å². The van der Waals surface area contributed by atoms with Crippen LogP contribution in [0.5, 0.6) is 0 Å². The van der Waals surface area contributed by atoms with Crippen LogP contribution in [-0.2, 0) is 11.3 Å². The molecule has 0 amide bonds. The van der Waals surface area contributed by atoms with Crippen molar-refractivity contribution in [1.29, 1.82) is 0 Å². The monoisotopic (exact) mass is 251 g/mol. The number of nitrogens with zero attached hydrogens (tertiary/aromatic N) is 2. The number of methoxy groups -OCH3 is 1. The Kier molecular flexibility index (Phi) is 4.27. The fourth-order valence-electron chi connectivity index (χ4n) is 2.75. The van der Waals surface area contributed by atoms with E-state index in [1.54, 1.807) is 7.11 Å². The molecule has 1 N–H and O–H groups in total. The highest BCUT2D eigenvalue weighted by molar-refractivity contribution is 5.29. The van der Waals surface area contributed by atoms with E-state index in [-0.39, 0.29) is 0 Å². The summed E-state index contributed by atoms with van der Waals surface area (Å²) in [4.78, 5) is 4.55. The number of rotatable bonds is 6. The van der Waals surface area contributed by atoms with E-state index in [2.05, 4.69) is 28.0 Å². The average Bonchev–Trinajstić information content (AvgIpc) is 2.91. The summed E-state index contributed by atoms with van der Waals surface area (Å²) in [7, 11) is 1.73. The lowest BCUT2D eigenvalue weighted by atomic mass is 9.89. The van der Waals surface area contributed by atoms with Crippen LogP contribution in [0.2, 0.25) is 0 Å². The Hall–Kier alpha value is -1.03. The highest BCUT2D eigenvalue weighted by Gasteiger charge is 2.28. The molecule has 0 aromatic carbocycles. The van der Waals surface area contributed by atoms with Crippen molar-refractivity contribution in [2.45, 2.75) is 46.1 Å². The third-order valence-corrected chi connectivity index (χ3v) is 3.92. The zero-order valence-corrected chi connectivity index (χ0v) is 11.8. The molecule has 1 heterocycles. The second kappa shape index (κ2) is 5.74. The number of anilines is 1. The van der Waals surface area contributed by atoms with Crippen LogP contribution in [0.3, 0.4) is 0 Å². The summed E-state index contributed by atoms with van der Waals surface area (Å²) >= 11 is 0. The van der Waals surface area contributed by atoms with Gasteiger partial charge >= 0.3 is 0 Å². The van der Waals surface area contributed by atoms with Gasteiger partial charge < -0.3 is 14.6 Å². The molecule has 4 heteroatoms. The lowest BCUT2D eigenvalue weighted by Gasteiger charge is -2.24. The van der Waals surface area contributed by atoms with Gasteiger partial charge in [0.15, 0.2) is 0 Å². The van der Waals surface area contributed by atoms with Crippen LogP contribution in [0.4, 0.5) is 5.95 Å². The van der Waals surface area contributed by atoms with Crippen LogP contribution < -0.4 is 5.32 Å². The molecule has 2 rings (SSSR count). The molecule has 1 aromatic heterocycles. The fraction of sp³-hybridized carbons (Fsp3) is 0.786. The van der Waals surface area contributed by atoms with Gasteiger partial charge in [0.05, 0.1) is 12.3 Å². The SMILES string of the molecule is COCCn1cc(C)nc1NCC1(C)CCCC1. The fourth-order valence-corrected chi connectivity index (χ4v) is 2.75. The van der Waals surface area contributed by atoms with Crippen molar-refractivity contribution in [2.75, 3.05) is 25.6 Å². The molecule has 0 atom stereocenters. The van der Waals surface area contributed by atoms with Crippen LogP contribution in [0.15, 0.2) is 6.20 Å². The van der Waals surface area contributed by atoms with Crippen molar-refractivity contribution in [3.05, 3.63) is 11.9 Å². The molecular weight excluding hydrogens is 226 g/mol. The first-order chi connectivity index (χ1) is 8.63. The zero-order chi connectivity index (χ0) is 13.0. The third-order valence-electron chi connectivity index (χ3n) is 3.92. The van der Waals surface area contributed by atoms with Gasteiger partial charge in [-0.2, -0.15) is 0 Å². The predicted octanol–water partition coefficient (Wildman–Crippen LogP) is 2.83. The molecule has 102 valence electrons. The van der Waals surface area contributed by atoms with Crippen molar-refractivity contribution < 1.29 is 4.74 Å². The van der Waals surface area contributed by atoms with Crippen molar-refractivity contribution in [3.8, 4) is 0 Å². The molecule has 4 nitrogen and oxygen atoms in total. The van der Waals surface area contributed by atoms with E-state index in [0.717, 1.165) is 31.3 Å². The second-order valence-corrected chi connectivity index (χ2v) is 5.76. The molecule has 0 saturated heterocycles. The molecule has 0 spiro atoms. The number of aromatic nitrogens is 2. The largest absolute Gasteiger partial charge is 0.383 e. The molecule has 0 radical (unpaired) electrons. The summed E-state index contributed by atoms with van der Waals surface area (Å²) in [6.45, 7) is 7.02. The second-order valence-electron chi connectivity index (χ2n) is 5.76. The minimum absolute atomic E-state index is 0.450. The number of imidazole rings is 1. The first-order valence-corrected chi connectivity index (χ1v) is 6.90. The third kappa shape index (κ3) is 3.25. The van der Waals surface area contributed by atoms with Gasteiger partial charge in [-0.3, -0.25) is 0 Å². The summed E-state index contributed by atoms with van der Waals surface area (Å²) < 4.78 is 7.28. The minimum atomic E-state index is 0.450. The van der Waals surface area contributed by atoms with Gasteiger partial charge in [0.25, 0.3) is 0 Å². The summed E-state index contributed by atoms with van der Waals surface area (Å²) in [6.07, 6.45) is 7.48. The maximum Gasteiger partial charge on any atom is 0.203 e. The van der Waals surface area contributed by atoms with E-state index in [1.165, 1.54) is 25.7 Å². The molecule has 0 bridgehead atoms. The Morgan fingerprint density at radius 1 is 1.44 bits per heavy atom. The quantitative estimate of drug-likeness (QED) is 0.845. The molecule has 18 heavy (non-hydrogen) atoms. The van der Waals surface area contributed by atoms with Crippen molar-refractivity contribution in [3.63, 3.8) is 0 Å². The topological polar surface area (TPSA) is 39.1 Å². The first-order valence-electron chi connectivity index (χ1n) is 6.90. The smallest absolute Gasteiger partial charge is 0.203 e. The van der Waals surface area contributed by atoms with Gasteiger partial charge in [-0.25, -0.2) is 4.98 Å². The van der Waals surface area contributed by atoms with Crippen LogP contribution in [0.1, 0.15) is 38.3 Å². The van der Waals surface area contributed by atoms with E-state index in [0.29, 0.717) is 5.41 Å². The summed E-state index contributed by atoms with van der Waals surface area (Å²) in [5.41, 5.74) is 1.51. The number of hydrogen-bond acceptors (Lipinski definition) is 3. The summed E-state index contributed by atoms with van der Waals surface area (Å²) in [6, 6.07) is 0. The van der Waals surface area contributed by atoms with Gasteiger partial charge in [0.1, 0.15) is 0 Å². The van der Waals surface area contributed by atoms with Gasteiger partial charge in [-0.15, -0.1) is 0 Å². The van der Waals surface area contributed by atoms with Crippen LogP contribution in [0, 0.1) is 12.3 Å². The molecule has 1 aliphatic carbocycles. The molecule has 0 unspecified atom stereocenters. The van der Waals surface area contributed by atoms with Gasteiger partial charge in [0.2, 0.25) is 5.95 Å². The normalized spacial score (nSPS) is 18.2. The molecule has 1 saturated carbocycles. The van der Waals surface area contributed by atoms with Crippen molar-refractivity contribution >= 4 is 5.95 Å². The van der Waals surface area contributed by atoms with Crippen LogP contribution in [0.25, 0.3) is 0 Å². The maximum atomic E-state index is 5.13. The van der Waals surface area contributed by atoms with E-state index in [4.69, 9.17) is 4.74 Å². The Labute approximate surface area is 110 Å². The molecular formula is C14H25N3O. The van der Waals surface area contributed by atoms with Crippen LogP contribution >= 0.6 is 0 Å². The Balaban J connectivity index is 1.95. The van der Waals surface area contributed by atoms with Gasteiger partial charge in [-0.05, 0) is 25.2 Å². The molecule has 1 aliphatic rings. The van der Waals surface area contributed by atoms with Crippen molar-refractivity contribution in [2.24, 2.45) is 5.41 Å². The van der Waals surface area contributed by atoms with Gasteiger partial charge in [0, 0.05) is 26.4 Å². The van der Waals surface area contributed by atoms with E-state index >= 15 is 0 Å². The van der Waals surface area contributed by atoms with E-state index < -0.39 is 0 Å². The maximum absolute atomic E-state index is 5.13. The zero-order valence-electron chi connectivity index (χ0n) is 11.8. The Morgan fingerprint density at radius 2 is 2.17 bits per heavy atom. The average molecular weight is 251 g/mol. The minimum Gasteiger partial charge on any atom is -0.383 e. The summed E-state index contributed by atoms with van der Waals surface area (Å²) in [5.74, 6) is 0.984. The van der Waals surface area contributed by atoms with Gasteiger partial charge in [-0.1, -0.05) is 19.8 Å². The van der Waals surface area contributed by atoms with E-state index in [9.17, 15) is 0 Å². The first kappa shape index (κ1) is 13.4. The standard InChI is InChI=1S/C14H25N3O/c1-12-10-17(8-9-18-3)13(16-12)15-11-14(2)6-4-5-7-14/h10H,4-9,11H2,1-3H3,(H,15,16). The number of hydrogen-bond donors (Lipinski definition) is 1. The number of nitrogens with one attached hydrogen (secondary N) is 1. The van der Waals surface area contributed by atoms with Crippen molar-refractivity contribution in [1.82, 2.24) is 9.55 Å². The molecule has 0 aliphatic heterocycles. The molecule has 1 fully saturated rings. The lowest BCUT2D eigenvalue weighted by molar-refractivity contribution is 0.187. The molecule has 1 aromatic rings. The highest BCUT2D eigenvalue weighted by atomic mass is 16.5. The Morgan fingerprint density at radius 3 is 2.83 bits per heavy atom. The highest BCUT2D eigenvalue weighted by Crippen LogP contribution is 2.37. The summed E-state index contributed by atoms with van der Waals surface area (Å²) in [5, 5.41) is 3.52.